The molecule has 0 unspecified atom stereocenters. The number of anilines is 1. The average Bonchev–Trinajstić information content (AvgIpc) is 3.27. The van der Waals surface area contributed by atoms with Crippen molar-refractivity contribution in [3.8, 4) is 0 Å². The molecule has 0 spiro atoms. The predicted octanol–water partition coefficient (Wildman–Crippen LogP) is 2.75. The third-order valence-electron chi connectivity index (χ3n) is 3.98. The van der Waals surface area contributed by atoms with Gasteiger partial charge in [-0.25, -0.2) is 23.8 Å². The lowest BCUT2D eigenvalue weighted by atomic mass is 10.2. The van der Waals surface area contributed by atoms with Crippen molar-refractivity contribution in [1.29, 1.82) is 0 Å². The molecule has 1 N–H and O–H groups in total. The average molecular weight is 413 g/mol. The van der Waals surface area contributed by atoms with Crippen LogP contribution in [0.25, 0.3) is 5.65 Å². The zero-order valence-corrected chi connectivity index (χ0v) is 16.8. The van der Waals surface area contributed by atoms with Crippen molar-refractivity contribution in [2.24, 2.45) is 0 Å². The highest BCUT2D eigenvalue weighted by molar-refractivity contribution is 7.99. The molecule has 142 valence electrons. The number of aromatic nitrogens is 5. The Bertz CT molecular complexity index is 1210. The summed E-state index contributed by atoms with van der Waals surface area (Å²) in [6.07, 6.45) is 4.70. The normalized spacial score (nSPS) is 11.1. The Kier molecular flexibility index (Phi) is 4.97. The van der Waals surface area contributed by atoms with Crippen LogP contribution in [-0.4, -0.2) is 30.1 Å². The van der Waals surface area contributed by atoms with E-state index in [1.165, 1.54) is 33.1 Å². The Balaban J connectivity index is 1.64. The molecule has 0 aliphatic carbocycles. The number of benzene rings is 1. The van der Waals surface area contributed by atoms with E-state index in [4.69, 9.17) is 0 Å². The van der Waals surface area contributed by atoms with Gasteiger partial charge < -0.3 is 5.32 Å². The van der Waals surface area contributed by atoms with Gasteiger partial charge in [0.25, 0.3) is 0 Å². The second kappa shape index (κ2) is 7.56. The third-order valence-corrected chi connectivity index (χ3v) is 5.83. The maximum atomic E-state index is 12.6. The van der Waals surface area contributed by atoms with Crippen LogP contribution in [0.5, 0.6) is 0 Å². The number of nitrogens with zero attached hydrogens (tertiary/aromatic N) is 5. The number of hydrogen-bond acceptors (Lipinski definition) is 7. The van der Waals surface area contributed by atoms with Gasteiger partial charge in [0.05, 0.1) is 0 Å². The predicted molar refractivity (Wildman–Crippen MR) is 108 cm³/mol. The van der Waals surface area contributed by atoms with E-state index in [1.807, 2.05) is 26.0 Å². The molecule has 0 saturated carbocycles. The highest BCUT2D eigenvalue weighted by atomic mass is 32.2. The molecule has 28 heavy (non-hydrogen) atoms. The molecule has 0 fully saturated rings. The lowest BCUT2D eigenvalue weighted by Crippen LogP contribution is -2.28. The van der Waals surface area contributed by atoms with Crippen LogP contribution in [-0.2, 0) is 11.3 Å². The van der Waals surface area contributed by atoms with E-state index >= 15 is 0 Å². The molecule has 0 radical (unpaired) electrons. The molecule has 4 aromatic rings. The Labute approximate surface area is 168 Å². The summed E-state index contributed by atoms with van der Waals surface area (Å²) in [5.74, 6) is -0.364. The van der Waals surface area contributed by atoms with Crippen LogP contribution in [0, 0.1) is 13.8 Å². The van der Waals surface area contributed by atoms with Gasteiger partial charge in [-0.15, -0.1) is 16.4 Å². The highest BCUT2D eigenvalue weighted by Gasteiger charge is 2.16. The van der Waals surface area contributed by atoms with Crippen LogP contribution in [0.4, 0.5) is 5.13 Å². The lowest BCUT2D eigenvalue weighted by Gasteiger charge is -2.06. The molecular weight excluding hydrogens is 396 g/mol. The number of aryl methyl sites for hydroxylation is 2. The second-order valence-electron chi connectivity index (χ2n) is 6.12. The van der Waals surface area contributed by atoms with Crippen LogP contribution >= 0.6 is 23.1 Å². The molecule has 10 heteroatoms. The van der Waals surface area contributed by atoms with E-state index in [9.17, 15) is 9.59 Å². The summed E-state index contributed by atoms with van der Waals surface area (Å²) in [5.41, 5.74) is 2.33. The fourth-order valence-electron chi connectivity index (χ4n) is 2.70. The number of hydrogen-bond donors (Lipinski definition) is 1. The molecule has 8 nitrogen and oxygen atoms in total. The van der Waals surface area contributed by atoms with Crippen molar-refractivity contribution in [2.45, 2.75) is 30.3 Å². The number of fused-ring (bicyclic) bond motifs is 1. The van der Waals surface area contributed by atoms with Gasteiger partial charge in [-0.2, -0.15) is 0 Å². The van der Waals surface area contributed by atoms with Crippen molar-refractivity contribution in [3.05, 3.63) is 63.8 Å². The number of carbonyl (C=O) groups excluding carboxylic acids is 1. The highest BCUT2D eigenvalue weighted by Crippen LogP contribution is 2.30. The van der Waals surface area contributed by atoms with Crippen LogP contribution in [0.3, 0.4) is 0 Å². The fraction of sp³-hybridized carbons (Fsp3) is 0.167. The molecule has 0 aliphatic heterocycles. The summed E-state index contributed by atoms with van der Waals surface area (Å²) >= 11 is 2.75. The summed E-state index contributed by atoms with van der Waals surface area (Å²) in [5, 5.41) is 9.82. The first-order valence-electron chi connectivity index (χ1n) is 8.40. The quantitative estimate of drug-likeness (QED) is 0.542. The summed E-state index contributed by atoms with van der Waals surface area (Å²) < 4.78 is 2.53. The first-order chi connectivity index (χ1) is 13.5. The number of amides is 1. The maximum Gasteiger partial charge on any atom is 0.350 e. The van der Waals surface area contributed by atoms with Gasteiger partial charge in [-0.1, -0.05) is 29.5 Å². The second-order valence-corrected chi connectivity index (χ2v) is 8.05. The number of carbonyl (C=O) groups is 1. The number of nitrogens with one attached hydrogen (secondary N) is 1. The van der Waals surface area contributed by atoms with E-state index in [-0.39, 0.29) is 12.5 Å². The Morgan fingerprint density at radius 1 is 1.25 bits per heavy atom. The standard InChI is InChI=1S/C18H16N6O2S2/c1-11-3-4-13(12(2)9-11)28-16-15-22-24(18(26)23(15)7-5-19-16)10-14(25)21-17-20-6-8-27-17/h3-9H,10H2,1-2H3,(H,20,21,25). The van der Waals surface area contributed by atoms with Gasteiger partial charge in [0.2, 0.25) is 5.91 Å². The van der Waals surface area contributed by atoms with Crippen molar-refractivity contribution in [3.63, 3.8) is 0 Å². The summed E-state index contributed by atoms with van der Waals surface area (Å²) in [6, 6.07) is 6.15. The van der Waals surface area contributed by atoms with Gasteiger partial charge in [-0.3, -0.25) is 4.79 Å². The first kappa shape index (κ1) is 18.4. The first-order valence-corrected chi connectivity index (χ1v) is 10.1. The topological polar surface area (TPSA) is 94.2 Å². The summed E-state index contributed by atoms with van der Waals surface area (Å²) in [6.45, 7) is 3.87. The van der Waals surface area contributed by atoms with E-state index in [1.54, 1.807) is 24.0 Å². The van der Waals surface area contributed by atoms with Gasteiger partial charge >= 0.3 is 5.69 Å². The number of thiazole rings is 1. The minimum atomic E-state index is -0.394. The molecule has 3 heterocycles. The van der Waals surface area contributed by atoms with E-state index in [0.29, 0.717) is 15.8 Å². The van der Waals surface area contributed by atoms with Crippen LogP contribution in [0.15, 0.2) is 56.9 Å². The fourth-order valence-corrected chi connectivity index (χ4v) is 4.15. The Morgan fingerprint density at radius 2 is 2.11 bits per heavy atom. The van der Waals surface area contributed by atoms with Crippen LogP contribution < -0.4 is 11.0 Å². The monoisotopic (exact) mass is 412 g/mol. The molecule has 0 atom stereocenters. The van der Waals surface area contributed by atoms with Crippen molar-refractivity contribution >= 4 is 39.8 Å². The van der Waals surface area contributed by atoms with Crippen molar-refractivity contribution < 1.29 is 4.79 Å². The Hall–Kier alpha value is -2.98. The minimum Gasteiger partial charge on any atom is -0.300 e. The van der Waals surface area contributed by atoms with Gasteiger partial charge in [0.15, 0.2) is 10.8 Å². The molecule has 4 rings (SSSR count). The molecule has 0 aliphatic rings. The van der Waals surface area contributed by atoms with Gasteiger partial charge in [0.1, 0.15) is 11.6 Å². The van der Waals surface area contributed by atoms with E-state index < -0.39 is 5.69 Å². The summed E-state index contributed by atoms with van der Waals surface area (Å²) in [7, 11) is 0. The molecular formula is C18H16N6O2S2. The zero-order chi connectivity index (χ0) is 19.7. The smallest absolute Gasteiger partial charge is 0.300 e. The maximum absolute atomic E-state index is 12.6. The Morgan fingerprint density at radius 3 is 2.86 bits per heavy atom. The van der Waals surface area contributed by atoms with Crippen molar-refractivity contribution in [2.75, 3.05) is 5.32 Å². The van der Waals surface area contributed by atoms with Crippen molar-refractivity contribution in [1.82, 2.24) is 24.1 Å². The molecule has 3 aromatic heterocycles. The minimum absolute atomic E-state index is 0.201. The lowest BCUT2D eigenvalue weighted by molar-refractivity contribution is -0.117. The van der Waals surface area contributed by atoms with Crippen LogP contribution in [0.2, 0.25) is 0 Å². The van der Waals surface area contributed by atoms with E-state index in [2.05, 4.69) is 26.4 Å². The summed E-state index contributed by atoms with van der Waals surface area (Å²) in [4.78, 5) is 34.2. The largest absolute Gasteiger partial charge is 0.350 e. The molecule has 1 amide bonds. The van der Waals surface area contributed by atoms with Gasteiger partial charge in [-0.05, 0) is 25.5 Å². The SMILES string of the molecule is Cc1ccc(Sc2nccn3c(=O)n(CC(=O)Nc4nccs4)nc23)c(C)c1. The molecule has 0 saturated heterocycles. The van der Waals surface area contributed by atoms with E-state index in [0.717, 1.165) is 15.1 Å². The zero-order valence-electron chi connectivity index (χ0n) is 15.1. The van der Waals surface area contributed by atoms with Gasteiger partial charge in [0, 0.05) is 28.9 Å². The van der Waals surface area contributed by atoms with Crippen LogP contribution in [0.1, 0.15) is 11.1 Å². The number of rotatable bonds is 5. The molecule has 1 aromatic carbocycles. The third kappa shape index (κ3) is 3.69. The molecule has 0 bridgehead atoms.